The van der Waals surface area contributed by atoms with Gasteiger partial charge >= 0.3 is 0 Å². The van der Waals surface area contributed by atoms with Crippen LogP contribution in [-0.2, 0) is 0 Å². The smallest absolute Gasteiger partial charge is 0.0933 e. The minimum Gasteiger partial charge on any atom is -0.372 e. The second-order valence-electron chi connectivity index (χ2n) is 2.64. The molecule has 12 heavy (non-hydrogen) atoms. The van der Waals surface area contributed by atoms with Crippen LogP contribution in [0.15, 0.2) is 9.98 Å². The molecule has 0 unspecified atom stereocenters. The zero-order chi connectivity index (χ0) is 8.81. The first kappa shape index (κ1) is 9.58. The van der Waals surface area contributed by atoms with Crippen molar-refractivity contribution in [1.82, 2.24) is 5.32 Å². The van der Waals surface area contributed by atoms with Crippen LogP contribution < -0.4 is 5.32 Å². The van der Waals surface area contributed by atoms with Crippen LogP contribution in [0.4, 0.5) is 0 Å². The van der Waals surface area contributed by atoms with Crippen LogP contribution in [0, 0.1) is 0 Å². The number of aliphatic imine (C=N–C) groups is 2. The Morgan fingerprint density at radius 3 is 2.25 bits per heavy atom. The quantitative estimate of drug-likeness (QED) is 0.615. The molecule has 2 rings (SSSR count). The summed E-state index contributed by atoms with van der Waals surface area (Å²) < 4.78 is 0. The highest BCUT2D eigenvalue weighted by Gasteiger charge is 1.97. The molecule has 0 bridgehead atoms. The Balaban J connectivity index is 0.000000120. The van der Waals surface area contributed by atoms with Gasteiger partial charge in [-0.1, -0.05) is 0 Å². The predicted octanol–water partition coefficient (Wildman–Crippen LogP) is 1.16. The topological polar surface area (TPSA) is 36.8 Å². The van der Waals surface area contributed by atoms with Crippen molar-refractivity contribution in [3.8, 4) is 0 Å². The van der Waals surface area contributed by atoms with Crippen LogP contribution in [0.1, 0.15) is 13.8 Å². The molecule has 0 atom stereocenters. The lowest BCUT2D eigenvalue weighted by Gasteiger charge is -1.85. The van der Waals surface area contributed by atoms with E-state index >= 15 is 0 Å². The summed E-state index contributed by atoms with van der Waals surface area (Å²) in [6.07, 6.45) is 0. The number of nitrogens with zero attached hydrogens (tertiary/aromatic N) is 2. The van der Waals surface area contributed by atoms with Crippen molar-refractivity contribution in [1.29, 1.82) is 0 Å². The van der Waals surface area contributed by atoms with Crippen LogP contribution in [0.5, 0.6) is 0 Å². The Labute approximate surface area is 77.8 Å². The van der Waals surface area contributed by atoms with Gasteiger partial charge in [-0.25, -0.2) is 0 Å². The zero-order valence-corrected chi connectivity index (χ0v) is 8.45. The molecular formula is C8H15N3S. The van der Waals surface area contributed by atoms with Crippen LogP contribution >= 0.6 is 11.8 Å². The van der Waals surface area contributed by atoms with Gasteiger partial charge in [-0.05, 0) is 13.8 Å². The summed E-state index contributed by atoms with van der Waals surface area (Å²) in [5.41, 5.74) is 0. The molecule has 0 aromatic carbocycles. The molecule has 0 spiro atoms. The summed E-state index contributed by atoms with van der Waals surface area (Å²) in [5.74, 6) is 2.28. The van der Waals surface area contributed by atoms with E-state index in [2.05, 4.69) is 22.2 Å². The van der Waals surface area contributed by atoms with Gasteiger partial charge in [0.05, 0.1) is 17.4 Å². The van der Waals surface area contributed by atoms with E-state index in [0.717, 1.165) is 25.5 Å². The number of amidine groups is 1. The average Bonchev–Trinajstić information content (AvgIpc) is 2.63. The molecule has 3 nitrogen and oxygen atoms in total. The van der Waals surface area contributed by atoms with Gasteiger partial charge in [0.1, 0.15) is 0 Å². The van der Waals surface area contributed by atoms with E-state index < -0.39 is 0 Å². The number of hydrogen-bond acceptors (Lipinski definition) is 4. The molecule has 2 aliphatic rings. The van der Waals surface area contributed by atoms with Crippen molar-refractivity contribution in [2.24, 2.45) is 9.98 Å². The Morgan fingerprint density at radius 2 is 2.08 bits per heavy atom. The summed E-state index contributed by atoms with van der Waals surface area (Å²) in [7, 11) is 0. The van der Waals surface area contributed by atoms with Crippen molar-refractivity contribution in [3.05, 3.63) is 0 Å². The van der Waals surface area contributed by atoms with Crippen LogP contribution in [-0.4, -0.2) is 36.3 Å². The summed E-state index contributed by atoms with van der Waals surface area (Å²) in [4.78, 5) is 8.16. The maximum absolute atomic E-state index is 4.12. The van der Waals surface area contributed by atoms with Crippen LogP contribution in [0.2, 0.25) is 0 Å². The standard InChI is InChI=1S/C4H8N2.C4H7NS/c2*1-4-5-2-3-6-4/h2-3H2,1H3,(H,5,6);2-3H2,1H3. The van der Waals surface area contributed by atoms with E-state index in [4.69, 9.17) is 0 Å². The average molecular weight is 185 g/mol. The largest absolute Gasteiger partial charge is 0.372 e. The molecule has 0 aromatic rings. The van der Waals surface area contributed by atoms with Crippen molar-refractivity contribution in [2.45, 2.75) is 13.8 Å². The zero-order valence-electron chi connectivity index (χ0n) is 7.63. The molecule has 0 amide bonds. The van der Waals surface area contributed by atoms with E-state index in [-0.39, 0.29) is 0 Å². The first-order chi connectivity index (χ1) is 5.79. The molecule has 0 aromatic heterocycles. The number of nitrogens with one attached hydrogen (secondary N) is 1. The van der Waals surface area contributed by atoms with Gasteiger partial charge < -0.3 is 5.32 Å². The Bertz CT molecular complexity index is 176. The molecule has 0 aliphatic carbocycles. The molecule has 2 heterocycles. The molecule has 0 fully saturated rings. The number of thioether (sulfide) groups is 1. The molecule has 0 saturated carbocycles. The fourth-order valence-corrected chi connectivity index (χ4v) is 1.62. The van der Waals surface area contributed by atoms with E-state index in [0.29, 0.717) is 0 Å². The van der Waals surface area contributed by atoms with Crippen LogP contribution in [0.3, 0.4) is 0 Å². The van der Waals surface area contributed by atoms with E-state index in [1.807, 2.05) is 18.7 Å². The number of rotatable bonds is 0. The van der Waals surface area contributed by atoms with Gasteiger partial charge in [-0.3, -0.25) is 9.98 Å². The maximum Gasteiger partial charge on any atom is 0.0933 e. The summed E-state index contributed by atoms with van der Waals surface area (Å²) >= 11 is 1.85. The molecular weight excluding hydrogens is 170 g/mol. The molecule has 68 valence electrons. The van der Waals surface area contributed by atoms with E-state index in [1.54, 1.807) is 0 Å². The van der Waals surface area contributed by atoms with Crippen molar-refractivity contribution in [3.63, 3.8) is 0 Å². The molecule has 2 aliphatic heterocycles. The fraction of sp³-hybridized carbons (Fsp3) is 0.750. The van der Waals surface area contributed by atoms with Gasteiger partial charge in [-0.2, -0.15) is 0 Å². The maximum atomic E-state index is 4.12. The Morgan fingerprint density at radius 1 is 1.25 bits per heavy atom. The molecule has 4 heteroatoms. The van der Waals surface area contributed by atoms with Gasteiger partial charge in [0.2, 0.25) is 0 Å². The third-order valence-electron chi connectivity index (χ3n) is 1.58. The predicted molar refractivity (Wildman–Crippen MR) is 56.4 cm³/mol. The minimum absolute atomic E-state index is 0.964. The highest BCUT2D eigenvalue weighted by molar-refractivity contribution is 8.14. The summed E-state index contributed by atoms with van der Waals surface area (Å²) in [5, 5.41) is 4.31. The minimum atomic E-state index is 0.964. The van der Waals surface area contributed by atoms with Gasteiger partial charge in [-0.15, -0.1) is 11.8 Å². The second kappa shape index (κ2) is 5.19. The molecule has 1 N–H and O–H groups in total. The van der Waals surface area contributed by atoms with E-state index in [1.165, 1.54) is 10.8 Å². The van der Waals surface area contributed by atoms with Gasteiger partial charge in [0.25, 0.3) is 0 Å². The third-order valence-corrected chi connectivity index (χ3v) is 2.51. The third kappa shape index (κ3) is 3.76. The Kier molecular flexibility index (Phi) is 4.14. The SMILES string of the molecule is CC1=NCCN1.CC1=NCCS1. The van der Waals surface area contributed by atoms with Crippen molar-refractivity contribution < 1.29 is 0 Å². The van der Waals surface area contributed by atoms with Crippen molar-refractivity contribution >= 4 is 22.6 Å². The lowest BCUT2D eigenvalue weighted by molar-refractivity contribution is 0.958. The van der Waals surface area contributed by atoms with Crippen LogP contribution in [0.25, 0.3) is 0 Å². The molecule has 0 saturated heterocycles. The highest BCUT2D eigenvalue weighted by atomic mass is 32.2. The fourth-order valence-electron chi connectivity index (χ4n) is 0.958. The van der Waals surface area contributed by atoms with E-state index in [9.17, 15) is 0 Å². The Hall–Kier alpha value is -0.510. The van der Waals surface area contributed by atoms with Gasteiger partial charge in [0.15, 0.2) is 0 Å². The normalized spacial score (nSPS) is 20.5. The van der Waals surface area contributed by atoms with Gasteiger partial charge in [0, 0.05) is 18.8 Å². The number of hydrogen-bond donors (Lipinski definition) is 1. The lowest BCUT2D eigenvalue weighted by Crippen LogP contribution is -2.13. The first-order valence-corrected chi connectivity index (χ1v) is 5.16. The monoisotopic (exact) mass is 185 g/mol. The van der Waals surface area contributed by atoms with Crippen molar-refractivity contribution in [2.75, 3.05) is 25.4 Å². The highest BCUT2D eigenvalue weighted by Crippen LogP contribution is 2.09. The summed E-state index contributed by atoms with van der Waals surface area (Å²) in [6, 6.07) is 0. The lowest BCUT2D eigenvalue weighted by atomic mass is 10.7. The summed E-state index contributed by atoms with van der Waals surface area (Å²) in [6.45, 7) is 7.07. The first-order valence-electron chi connectivity index (χ1n) is 4.18. The second-order valence-corrected chi connectivity index (χ2v) is 3.93. The molecule has 0 radical (unpaired) electrons.